The van der Waals surface area contributed by atoms with Gasteiger partial charge in [-0.1, -0.05) is 0 Å². The van der Waals surface area contributed by atoms with E-state index < -0.39 is 10.0 Å². The number of aromatic amines is 1. The van der Waals surface area contributed by atoms with Gasteiger partial charge in [-0.3, -0.25) is 0 Å². The Labute approximate surface area is 112 Å². The minimum absolute atomic E-state index is 0.142. The Kier molecular flexibility index (Phi) is 4.08. The Balaban J connectivity index is 2.04. The third kappa shape index (κ3) is 3.46. The molecule has 2 aromatic rings. The molecule has 104 valence electrons. The first-order valence-electron chi connectivity index (χ1n) is 5.88. The summed E-state index contributed by atoms with van der Waals surface area (Å²) >= 11 is 0. The van der Waals surface area contributed by atoms with Crippen LogP contribution in [0.2, 0.25) is 0 Å². The highest BCUT2D eigenvalue weighted by molar-refractivity contribution is 7.89. The number of hydrogen-bond donors (Lipinski definition) is 3. The van der Waals surface area contributed by atoms with Crippen LogP contribution in [0.4, 0.5) is 0 Å². The van der Waals surface area contributed by atoms with Crippen LogP contribution >= 0.6 is 0 Å². The molecule has 2 aromatic heterocycles. The summed E-state index contributed by atoms with van der Waals surface area (Å²) in [6.07, 6.45) is 1.47. The van der Waals surface area contributed by atoms with Crippen LogP contribution in [0.1, 0.15) is 17.2 Å². The van der Waals surface area contributed by atoms with Crippen LogP contribution in [-0.4, -0.2) is 20.4 Å². The van der Waals surface area contributed by atoms with E-state index in [1.807, 2.05) is 6.92 Å². The van der Waals surface area contributed by atoms with Crippen LogP contribution in [0.5, 0.6) is 0 Å². The van der Waals surface area contributed by atoms with Gasteiger partial charge in [-0.2, -0.15) is 0 Å². The lowest BCUT2D eigenvalue weighted by Gasteiger charge is -2.02. The van der Waals surface area contributed by atoms with Gasteiger partial charge in [0.15, 0.2) is 0 Å². The normalized spacial score (nSPS) is 11.9. The highest BCUT2D eigenvalue weighted by Crippen LogP contribution is 2.12. The third-order valence-corrected chi connectivity index (χ3v) is 4.01. The number of aryl methyl sites for hydroxylation is 1. The van der Waals surface area contributed by atoms with E-state index in [0.717, 1.165) is 11.5 Å². The molecule has 0 bridgehead atoms. The average molecular weight is 283 g/mol. The first-order valence-corrected chi connectivity index (χ1v) is 7.36. The number of nitrogens with one attached hydrogen (secondary N) is 3. The minimum atomic E-state index is -3.52. The molecule has 0 spiro atoms. The quantitative estimate of drug-likeness (QED) is 0.741. The average Bonchev–Trinajstić information content (AvgIpc) is 2.97. The molecule has 2 heterocycles. The largest absolute Gasteiger partial charge is 0.465 e. The molecule has 0 aromatic carbocycles. The van der Waals surface area contributed by atoms with Gasteiger partial charge in [0.25, 0.3) is 0 Å². The molecule has 3 N–H and O–H groups in total. The number of sulfonamides is 1. The van der Waals surface area contributed by atoms with Gasteiger partial charge in [0.2, 0.25) is 10.0 Å². The first-order chi connectivity index (χ1) is 9.01. The van der Waals surface area contributed by atoms with Crippen molar-refractivity contribution in [3.8, 4) is 0 Å². The second kappa shape index (κ2) is 5.60. The molecule has 7 heteroatoms. The molecule has 0 unspecified atom stereocenters. The second-order valence-electron chi connectivity index (χ2n) is 4.23. The highest BCUT2D eigenvalue weighted by Gasteiger charge is 2.16. The van der Waals surface area contributed by atoms with Crippen molar-refractivity contribution in [3.05, 3.63) is 41.6 Å². The second-order valence-corrected chi connectivity index (χ2v) is 5.99. The van der Waals surface area contributed by atoms with E-state index in [4.69, 9.17) is 4.42 Å². The summed E-state index contributed by atoms with van der Waals surface area (Å²) in [5.41, 5.74) is 0.816. The molecule has 6 nitrogen and oxygen atoms in total. The lowest BCUT2D eigenvalue weighted by molar-refractivity contribution is 0.475. The Morgan fingerprint density at radius 1 is 1.32 bits per heavy atom. The van der Waals surface area contributed by atoms with Gasteiger partial charge in [-0.15, -0.1) is 0 Å². The van der Waals surface area contributed by atoms with E-state index in [9.17, 15) is 8.42 Å². The van der Waals surface area contributed by atoms with E-state index in [2.05, 4.69) is 15.0 Å². The first kappa shape index (κ1) is 13.9. The van der Waals surface area contributed by atoms with E-state index in [1.54, 1.807) is 25.2 Å². The Morgan fingerprint density at radius 3 is 2.74 bits per heavy atom. The van der Waals surface area contributed by atoms with Crippen LogP contribution in [0.25, 0.3) is 0 Å². The maximum Gasteiger partial charge on any atom is 0.242 e. The zero-order valence-corrected chi connectivity index (χ0v) is 11.7. The lowest BCUT2D eigenvalue weighted by Crippen LogP contribution is -2.22. The summed E-state index contributed by atoms with van der Waals surface area (Å²) in [6.45, 7) is 2.55. The highest BCUT2D eigenvalue weighted by atomic mass is 32.2. The van der Waals surface area contributed by atoms with Crippen molar-refractivity contribution in [1.82, 2.24) is 15.0 Å². The number of hydrogen-bond acceptors (Lipinski definition) is 4. The minimum Gasteiger partial charge on any atom is -0.465 e. The smallest absolute Gasteiger partial charge is 0.242 e. The van der Waals surface area contributed by atoms with E-state index in [1.165, 1.54) is 6.20 Å². The molecule has 0 fully saturated rings. The van der Waals surface area contributed by atoms with Crippen molar-refractivity contribution in [3.63, 3.8) is 0 Å². The zero-order chi connectivity index (χ0) is 13.9. The molecule has 0 saturated heterocycles. The summed E-state index contributed by atoms with van der Waals surface area (Å²) in [5.74, 6) is 1.35. The van der Waals surface area contributed by atoms with Crippen molar-refractivity contribution < 1.29 is 12.8 Å². The standard InChI is InChI=1S/C12H17N3O3S/c1-9-3-4-11(18-9)7-15-19(16,17)12-5-10(6-13-2)14-8-12/h3-5,8,13-15H,6-7H2,1-2H3. The summed E-state index contributed by atoms with van der Waals surface area (Å²) in [5, 5.41) is 2.95. The monoisotopic (exact) mass is 283 g/mol. The maximum absolute atomic E-state index is 12.0. The predicted molar refractivity (Wildman–Crippen MR) is 71.0 cm³/mol. The molecular weight excluding hydrogens is 266 g/mol. The van der Waals surface area contributed by atoms with Gasteiger partial charge in [-0.25, -0.2) is 13.1 Å². The third-order valence-electron chi connectivity index (χ3n) is 2.63. The lowest BCUT2D eigenvalue weighted by atomic mass is 10.4. The maximum atomic E-state index is 12.0. The molecule has 0 radical (unpaired) electrons. The van der Waals surface area contributed by atoms with Crippen molar-refractivity contribution in [2.24, 2.45) is 0 Å². The Bertz CT molecular complexity index is 643. The molecular formula is C12H17N3O3S. The van der Waals surface area contributed by atoms with Crippen LogP contribution in [0.3, 0.4) is 0 Å². The van der Waals surface area contributed by atoms with Crippen molar-refractivity contribution in [2.45, 2.75) is 24.9 Å². The topological polar surface area (TPSA) is 87.1 Å². The summed E-state index contributed by atoms with van der Waals surface area (Å²) in [4.78, 5) is 3.13. The fraction of sp³-hybridized carbons (Fsp3) is 0.333. The van der Waals surface area contributed by atoms with E-state index in [-0.39, 0.29) is 11.4 Å². The molecule has 0 aliphatic heterocycles. The molecule has 0 aliphatic rings. The number of H-pyrrole nitrogens is 1. The van der Waals surface area contributed by atoms with Gasteiger partial charge in [0, 0.05) is 18.4 Å². The fourth-order valence-electron chi connectivity index (χ4n) is 1.70. The summed E-state index contributed by atoms with van der Waals surface area (Å²) in [7, 11) is -1.72. The molecule has 0 atom stereocenters. The van der Waals surface area contributed by atoms with E-state index in [0.29, 0.717) is 12.3 Å². The summed E-state index contributed by atoms with van der Waals surface area (Å²) in [6, 6.07) is 5.15. The number of aromatic nitrogens is 1. The van der Waals surface area contributed by atoms with Crippen LogP contribution < -0.4 is 10.0 Å². The molecule has 0 aliphatic carbocycles. The Morgan fingerprint density at radius 2 is 2.11 bits per heavy atom. The van der Waals surface area contributed by atoms with Gasteiger partial charge in [-0.05, 0) is 32.2 Å². The SMILES string of the molecule is CNCc1cc(S(=O)(=O)NCc2ccc(C)o2)c[nH]1. The molecule has 2 rings (SSSR count). The van der Waals surface area contributed by atoms with Gasteiger partial charge in [0.05, 0.1) is 11.4 Å². The molecule has 19 heavy (non-hydrogen) atoms. The van der Waals surface area contributed by atoms with Crippen LogP contribution in [0, 0.1) is 6.92 Å². The number of furan rings is 1. The van der Waals surface area contributed by atoms with Crippen molar-refractivity contribution in [1.29, 1.82) is 0 Å². The zero-order valence-electron chi connectivity index (χ0n) is 10.9. The van der Waals surface area contributed by atoms with Crippen LogP contribution in [0.15, 0.2) is 33.7 Å². The van der Waals surface area contributed by atoms with E-state index >= 15 is 0 Å². The van der Waals surface area contributed by atoms with Gasteiger partial charge in [0.1, 0.15) is 11.5 Å². The molecule has 0 saturated carbocycles. The molecule has 0 amide bonds. The van der Waals surface area contributed by atoms with Gasteiger partial charge >= 0.3 is 0 Å². The van der Waals surface area contributed by atoms with Crippen molar-refractivity contribution in [2.75, 3.05) is 7.05 Å². The summed E-state index contributed by atoms with van der Waals surface area (Å²) < 4.78 is 31.9. The van der Waals surface area contributed by atoms with Crippen molar-refractivity contribution >= 4 is 10.0 Å². The fourth-order valence-corrected chi connectivity index (χ4v) is 2.71. The van der Waals surface area contributed by atoms with Crippen LogP contribution in [-0.2, 0) is 23.1 Å². The number of rotatable bonds is 6. The van der Waals surface area contributed by atoms with Gasteiger partial charge < -0.3 is 14.7 Å². The predicted octanol–water partition coefficient (Wildman–Crippen LogP) is 1.11. The Hall–Kier alpha value is -1.57.